The molecule has 0 fully saturated rings. The number of hydrogen-bond acceptors (Lipinski definition) is 2. The number of rotatable bonds is 4. The average Bonchev–Trinajstić information content (AvgIpc) is 2.85. The van der Waals surface area contributed by atoms with Crippen LogP contribution in [0, 0.1) is 0 Å². The van der Waals surface area contributed by atoms with Gasteiger partial charge >= 0.3 is 6.98 Å². The van der Waals surface area contributed by atoms with E-state index in [1.165, 1.54) is 33.5 Å². The van der Waals surface area contributed by atoms with Gasteiger partial charge in [0.2, 0.25) is 0 Å². The first-order valence-electron chi connectivity index (χ1n) is 9.96. The van der Waals surface area contributed by atoms with Crippen LogP contribution in [-0.2, 0) is 0 Å². The first kappa shape index (κ1) is 18.9. The fourth-order valence-corrected chi connectivity index (χ4v) is 4.28. The molecule has 0 radical (unpaired) electrons. The first-order chi connectivity index (χ1) is 12.2. The third-order valence-electron chi connectivity index (χ3n) is 5.81. The smallest absolute Gasteiger partial charge is 0.393 e. The van der Waals surface area contributed by atoms with Crippen LogP contribution in [0.2, 0.25) is 0 Å². The maximum absolute atomic E-state index is 2.46. The van der Waals surface area contributed by atoms with Crippen LogP contribution in [0.15, 0.2) is 36.4 Å². The Kier molecular flexibility index (Phi) is 5.10. The summed E-state index contributed by atoms with van der Waals surface area (Å²) in [5.41, 5.74) is 8.59. The molecule has 1 aliphatic rings. The van der Waals surface area contributed by atoms with E-state index in [2.05, 4.69) is 102 Å². The molecular weight excluding hydrogens is 315 g/mol. The summed E-state index contributed by atoms with van der Waals surface area (Å²) < 4.78 is 0. The Morgan fingerprint density at radius 3 is 1.46 bits per heavy atom. The van der Waals surface area contributed by atoms with Crippen LogP contribution in [0.5, 0.6) is 0 Å². The molecule has 0 saturated carbocycles. The zero-order valence-corrected chi connectivity index (χ0v) is 17.7. The van der Waals surface area contributed by atoms with Crippen molar-refractivity contribution in [1.29, 1.82) is 0 Å². The summed E-state index contributed by atoms with van der Waals surface area (Å²) in [7, 11) is 4.47. The highest BCUT2D eigenvalue weighted by Crippen LogP contribution is 2.37. The Morgan fingerprint density at radius 2 is 1.12 bits per heavy atom. The number of benzene rings is 2. The molecule has 138 valence electrons. The van der Waals surface area contributed by atoms with Gasteiger partial charge in [-0.25, -0.2) is 0 Å². The predicted octanol–water partition coefficient (Wildman–Crippen LogP) is 5.34. The molecule has 0 aliphatic carbocycles. The molecule has 0 N–H and O–H groups in total. The van der Waals surface area contributed by atoms with Gasteiger partial charge in [0, 0.05) is 11.4 Å². The molecule has 0 aromatic heterocycles. The third-order valence-corrected chi connectivity index (χ3v) is 5.81. The standard InChI is InChI=1S/C23H33BN2/c1-15(2)18-13-19(16(3)4)23(20(14-18)17(5)6)24-25(7)21-11-9-10-12-22(21)26(24)8/h9-17H,1-8H3. The fourth-order valence-electron chi connectivity index (χ4n) is 4.28. The second-order valence-electron chi connectivity index (χ2n) is 8.66. The SMILES string of the molecule is CC(C)c1cc(C(C)C)c(B2N(C)c3ccccc3N2C)c(C(C)C)c1. The second-order valence-corrected chi connectivity index (χ2v) is 8.66. The Hall–Kier alpha value is -1.90. The summed E-state index contributed by atoms with van der Waals surface area (Å²) in [5.74, 6) is 1.56. The van der Waals surface area contributed by atoms with Crippen molar-refractivity contribution < 1.29 is 0 Å². The summed E-state index contributed by atoms with van der Waals surface area (Å²) in [6.45, 7) is 14.2. The lowest BCUT2D eigenvalue weighted by Crippen LogP contribution is -2.56. The maximum atomic E-state index is 2.46. The molecule has 0 saturated heterocycles. The van der Waals surface area contributed by atoms with Crippen molar-refractivity contribution in [2.75, 3.05) is 23.7 Å². The van der Waals surface area contributed by atoms with Gasteiger partial charge in [-0.05, 0) is 66.1 Å². The Labute approximate surface area is 160 Å². The van der Waals surface area contributed by atoms with E-state index in [0.717, 1.165) is 0 Å². The van der Waals surface area contributed by atoms with Gasteiger partial charge in [-0.1, -0.05) is 65.8 Å². The van der Waals surface area contributed by atoms with Gasteiger partial charge in [-0.15, -0.1) is 0 Å². The van der Waals surface area contributed by atoms with E-state index < -0.39 is 0 Å². The van der Waals surface area contributed by atoms with E-state index >= 15 is 0 Å². The van der Waals surface area contributed by atoms with Crippen molar-refractivity contribution in [2.24, 2.45) is 0 Å². The zero-order valence-electron chi connectivity index (χ0n) is 17.7. The largest absolute Gasteiger partial charge is 0.411 e. The minimum atomic E-state index is 0.253. The number of fused-ring (bicyclic) bond motifs is 1. The lowest BCUT2D eigenvalue weighted by molar-refractivity contribution is 0.811. The van der Waals surface area contributed by atoms with E-state index in [1.807, 2.05) is 0 Å². The number of para-hydroxylation sites is 2. The second kappa shape index (κ2) is 7.02. The van der Waals surface area contributed by atoms with E-state index in [1.54, 1.807) is 0 Å². The number of nitrogens with zero attached hydrogens (tertiary/aromatic N) is 2. The lowest BCUT2D eigenvalue weighted by atomic mass is 9.59. The highest BCUT2D eigenvalue weighted by atomic mass is 15.3. The monoisotopic (exact) mass is 348 g/mol. The van der Waals surface area contributed by atoms with Gasteiger partial charge in [0.1, 0.15) is 0 Å². The summed E-state index contributed by atoms with van der Waals surface area (Å²) in [6, 6.07) is 13.7. The third kappa shape index (κ3) is 3.02. The molecule has 0 amide bonds. The summed E-state index contributed by atoms with van der Waals surface area (Å²) in [6.07, 6.45) is 0. The molecule has 1 aliphatic heterocycles. The molecule has 3 rings (SSSR count). The van der Waals surface area contributed by atoms with Crippen molar-refractivity contribution in [1.82, 2.24) is 0 Å². The van der Waals surface area contributed by atoms with Crippen LogP contribution < -0.4 is 15.1 Å². The molecule has 2 aromatic rings. The Morgan fingerprint density at radius 1 is 0.692 bits per heavy atom. The number of anilines is 2. The molecule has 3 heteroatoms. The molecule has 26 heavy (non-hydrogen) atoms. The van der Waals surface area contributed by atoms with Crippen molar-refractivity contribution in [2.45, 2.75) is 59.3 Å². The molecule has 1 heterocycles. The summed E-state index contributed by atoms with van der Waals surface area (Å²) in [4.78, 5) is 4.88. The van der Waals surface area contributed by atoms with Crippen molar-refractivity contribution in [3.8, 4) is 0 Å². The van der Waals surface area contributed by atoms with Gasteiger partial charge < -0.3 is 9.62 Å². The fraction of sp³-hybridized carbons (Fsp3) is 0.478. The van der Waals surface area contributed by atoms with Crippen molar-refractivity contribution in [3.05, 3.63) is 53.1 Å². The lowest BCUT2D eigenvalue weighted by Gasteiger charge is -2.31. The van der Waals surface area contributed by atoms with Crippen LogP contribution in [-0.4, -0.2) is 21.1 Å². The van der Waals surface area contributed by atoms with Gasteiger partial charge in [-0.3, -0.25) is 0 Å². The molecule has 0 bridgehead atoms. The Balaban J connectivity index is 2.24. The van der Waals surface area contributed by atoms with Crippen molar-refractivity contribution >= 4 is 23.8 Å². The molecule has 0 unspecified atom stereocenters. The highest BCUT2D eigenvalue weighted by molar-refractivity contribution is 6.82. The molecule has 2 aromatic carbocycles. The minimum Gasteiger partial charge on any atom is -0.393 e. The predicted molar refractivity (Wildman–Crippen MR) is 117 cm³/mol. The summed E-state index contributed by atoms with van der Waals surface area (Å²) >= 11 is 0. The van der Waals surface area contributed by atoms with Gasteiger partial charge in [-0.2, -0.15) is 0 Å². The number of hydrogen-bond donors (Lipinski definition) is 0. The van der Waals surface area contributed by atoms with Gasteiger partial charge in [0.15, 0.2) is 0 Å². The van der Waals surface area contributed by atoms with Crippen LogP contribution in [0.3, 0.4) is 0 Å². The highest BCUT2D eigenvalue weighted by Gasteiger charge is 2.40. The normalized spacial score (nSPS) is 14.2. The maximum Gasteiger partial charge on any atom is 0.411 e. The quantitative estimate of drug-likeness (QED) is 0.688. The van der Waals surface area contributed by atoms with Gasteiger partial charge in [0.25, 0.3) is 0 Å². The topological polar surface area (TPSA) is 6.48 Å². The van der Waals surface area contributed by atoms with Crippen LogP contribution >= 0.6 is 0 Å². The van der Waals surface area contributed by atoms with Crippen molar-refractivity contribution in [3.63, 3.8) is 0 Å². The van der Waals surface area contributed by atoms with Crippen LogP contribution in [0.25, 0.3) is 0 Å². The molecular formula is C23H33BN2. The van der Waals surface area contributed by atoms with E-state index in [4.69, 9.17) is 0 Å². The molecule has 0 spiro atoms. The summed E-state index contributed by atoms with van der Waals surface area (Å²) in [5, 5.41) is 0. The zero-order chi connectivity index (χ0) is 19.2. The first-order valence-corrected chi connectivity index (χ1v) is 9.96. The Bertz CT molecular complexity index is 737. The van der Waals surface area contributed by atoms with E-state index in [9.17, 15) is 0 Å². The van der Waals surface area contributed by atoms with Crippen LogP contribution in [0.1, 0.15) is 76.0 Å². The van der Waals surface area contributed by atoms with Crippen LogP contribution in [0.4, 0.5) is 11.4 Å². The minimum absolute atomic E-state index is 0.253. The molecule has 0 atom stereocenters. The molecule has 2 nitrogen and oxygen atoms in total. The van der Waals surface area contributed by atoms with E-state index in [-0.39, 0.29) is 6.98 Å². The van der Waals surface area contributed by atoms with Gasteiger partial charge in [0.05, 0.1) is 0 Å². The van der Waals surface area contributed by atoms with E-state index in [0.29, 0.717) is 17.8 Å². The average molecular weight is 348 g/mol.